The molecule has 1 amide bonds. The van der Waals surface area contributed by atoms with Crippen LogP contribution in [0.4, 0.5) is 17.1 Å². The molecule has 3 rings (SSSR count). The summed E-state index contributed by atoms with van der Waals surface area (Å²) >= 11 is 6.16. The fourth-order valence-corrected chi connectivity index (χ4v) is 2.88. The molecule has 0 aromatic heterocycles. The monoisotopic (exact) mass is 315 g/mol. The molecule has 0 aliphatic carbocycles. The molecular formula is C17H18ClN3O. The van der Waals surface area contributed by atoms with Gasteiger partial charge in [-0.2, -0.15) is 0 Å². The van der Waals surface area contributed by atoms with Crippen molar-refractivity contribution in [2.24, 2.45) is 5.73 Å². The molecule has 0 atom stereocenters. The molecule has 0 spiro atoms. The minimum absolute atomic E-state index is 0.0968. The summed E-state index contributed by atoms with van der Waals surface area (Å²) in [7, 11) is 0. The topological polar surface area (TPSA) is 58.4 Å². The van der Waals surface area contributed by atoms with Gasteiger partial charge in [-0.15, -0.1) is 0 Å². The van der Waals surface area contributed by atoms with Gasteiger partial charge in [0.2, 0.25) is 0 Å². The highest BCUT2D eigenvalue weighted by molar-refractivity contribution is 6.31. The van der Waals surface area contributed by atoms with Crippen LogP contribution in [0.3, 0.4) is 0 Å². The first-order valence-electron chi connectivity index (χ1n) is 7.38. The molecule has 4 nitrogen and oxygen atoms in total. The highest BCUT2D eigenvalue weighted by atomic mass is 35.5. The molecule has 0 unspecified atom stereocenters. The van der Waals surface area contributed by atoms with Gasteiger partial charge < -0.3 is 16.0 Å². The predicted molar refractivity (Wildman–Crippen MR) is 91.1 cm³/mol. The molecule has 1 aliphatic rings. The van der Waals surface area contributed by atoms with E-state index in [1.807, 2.05) is 36.4 Å². The van der Waals surface area contributed by atoms with Crippen molar-refractivity contribution in [3.8, 4) is 0 Å². The Hall–Kier alpha value is -2.04. The van der Waals surface area contributed by atoms with E-state index in [0.717, 1.165) is 36.4 Å². The number of para-hydroxylation sites is 1. The summed E-state index contributed by atoms with van der Waals surface area (Å²) in [4.78, 5) is 14.6. The predicted octanol–water partition coefficient (Wildman–Crippen LogP) is 3.78. The van der Waals surface area contributed by atoms with E-state index >= 15 is 0 Å². The van der Waals surface area contributed by atoms with E-state index in [1.165, 1.54) is 0 Å². The normalized spacial score (nSPS) is 13.2. The standard InChI is InChI=1S/C17H18ClN3O/c18-12-7-8-14-16(11-12)21(10-4-3-9-19)15-6-2-1-5-13(15)17(22)20-14/h1-2,5-8,11H,3-4,9-10,19H2,(H,20,22). The molecule has 5 heteroatoms. The number of carbonyl (C=O) groups is 1. The van der Waals surface area contributed by atoms with Crippen LogP contribution in [0, 0.1) is 0 Å². The quantitative estimate of drug-likeness (QED) is 0.844. The molecule has 0 fully saturated rings. The van der Waals surface area contributed by atoms with Crippen LogP contribution >= 0.6 is 11.6 Å². The number of rotatable bonds is 4. The lowest BCUT2D eigenvalue weighted by molar-refractivity contribution is 0.102. The fourth-order valence-electron chi connectivity index (χ4n) is 2.71. The van der Waals surface area contributed by atoms with Crippen molar-refractivity contribution >= 4 is 34.6 Å². The number of nitrogens with one attached hydrogen (secondary N) is 1. The highest BCUT2D eigenvalue weighted by Crippen LogP contribution is 2.39. The van der Waals surface area contributed by atoms with Gasteiger partial charge in [0.05, 0.1) is 22.6 Å². The second kappa shape index (κ2) is 6.38. The molecule has 0 saturated heterocycles. The van der Waals surface area contributed by atoms with Crippen molar-refractivity contribution in [1.82, 2.24) is 0 Å². The summed E-state index contributed by atoms with van der Waals surface area (Å²) in [5.74, 6) is -0.0968. The Bertz CT molecular complexity index is 702. The second-order valence-electron chi connectivity index (χ2n) is 5.28. The van der Waals surface area contributed by atoms with Crippen LogP contribution in [0.25, 0.3) is 0 Å². The molecule has 2 aromatic carbocycles. The van der Waals surface area contributed by atoms with Gasteiger partial charge in [-0.3, -0.25) is 4.79 Å². The van der Waals surface area contributed by atoms with E-state index in [0.29, 0.717) is 17.1 Å². The van der Waals surface area contributed by atoms with Crippen LogP contribution in [0.5, 0.6) is 0 Å². The van der Waals surface area contributed by atoms with Gasteiger partial charge in [0.15, 0.2) is 0 Å². The number of hydrogen-bond acceptors (Lipinski definition) is 3. The first kappa shape index (κ1) is 14.9. The summed E-state index contributed by atoms with van der Waals surface area (Å²) in [6.07, 6.45) is 1.89. The number of fused-ring (bicyclic) bond motifs is 2. The lowest BCUT2D eigenvalue weighted by Crippen LogP contribution is -2.20. The number of halogens is 1. The molecule has 1 aliphatic heterocycles. The Morgan fingerprint density at radius 2 is 1.91 bits per heavy atom. The number of anilines is 3. The van der Waals surface area contributed by atoms with Crippen molar-refractivity contribution in [3.05, 3.63) is 53.1 Å². The summed E-state index contributed by atoms with van der Waals surface area (Å²) < 4.78 is 0. The van der Waals surface area contributed by atoms with Gasteiger partial charge in [-0.25, -0.2) is 0 Å². The third kappa shape index (κ3) is 2.80. The van der Waals surface area contributed by atoms with Crippen LogP contribution in [0.15, 0.2) is 42.5 Å². The van der Waals surface area contributed by atoms with Gasteiger partial charge in [0.25, 0.3) is 5.91 Å². The van der Waals surface area contributed by atoms with Crippen LogP contribution in [0.2, 0.25) is 5.02 Å². The maximum absolute atomic E-state index is 12.4. The molecule has 0 saturated carbocycles. The number of hydrogen-bond donors (Lipinski definition) is 2. The van der Waals surface area contributed by atoms with Gasteiger partial charge in [0.1, 0.15) is 0 Å². The summed E-state index contributed by atoms with van der Waals surface area (Å²) in [6, 6.07) is 13.1. The number of nitrogens with two attached hydrogens (primary N) is 1. The third-order valence-electron chi connectivity index (χ3n) is 3.77. The van der Waals surface area contributed by atoms with Gasteiger partial charge >= 0.3 is 0 Å². The molecular weight excluding hydrogens is 298 g/mol. The maximum Gasteiger partial charge on any atom is 0.257 e. The molecule has 22 heavy (non-hydrogen) atoms. The zero-order valence-electron chi connectivity index (χ0n) is 12.2. The van der Waals surface area contributed by atoms with Crippen molar-refractivity contribution in [1.29, 1.82) is 0 Å². The smallest absolute Gasteiger partial charge is 0.257 e. The van der Waals surface area contributed by atoms with Crippen molar-refractivity contribution in [2.75, 3.05) is 23.3 Å². The number of benzene rings is 2. The first-order chi connectivity index (χ1) is 10.7. The molecule has 0 radical (unpaired) electrons. The van der Waals surface area contributed by atoms with E-state index in [1.54, 1.807) is 6.07 Å². The third-order valence-corrected chi connectivity index (χ3v) is 4.01. The maximum atomic E-state index is 12.4. The Morgan fingerprint density at radius 3 is 2.73 bits per heavy atom. The molecule has 1 heterocycles. The largest absolute Gasteiger partial charge is 0.339 e. The lowest BCUT2D eigenvalue weighted by atomic mass is 10.1. The van der Waals surface area contributed by atoms with E-state index in [2.05, 4.69) is 10.2 Å². The first-order valence-corrected chi connectivity index (χ1v) is 7.76. The minimum atomic E-state index is -0.0968. The number of unbranched alkanes of at least 4 members (excludes halogenated alkanes) is 1. The SMILES string of the molecule is NCCCCN1c2cc(Cl)ccc2NC(=O)c2ccccc21. The highest BCUT2D eigenvalue weighted by Gasteiger charge is 2.24. The second-order valence-corrected chi connectivity index (χ2v) is 5.72. The van der Waals surface area contributed by atoms with E-state index in [-0.39, 0.29) is 5.91 Å². The summed E-state index contributed by atoms with van der Waals surface area (Å²) in [5.41, 5.74) is 8.87. The number of nitrogens with zero attached hydrogens (tertiary/aromatic N) is 1. The summed E-state index contributed by atoms with van der Waals surface area (Å²) in [6.45, 7) is 1.45. The van der Waals surface area contributed by atoms with Crippen LogP contribution in [-0.4, -0.2) is 19.0 Å². The molecule has 0 bridgehead atoms. The zero-order valence-corrected chi connectivity index (χ0v) is 12.9. The fraction of sp³-hybridized carbons (Fsp3) is 0.235. The van der Waals surface area contributed by atoms with Crippen molar-refractivity contribution in [3.63, 3.8) is 0 Å². The van der Waals surface area contributed by atoms with E-state index in [9.17, 15) is 4.79 Å². The van der Waals surface area contributed by atoms with Gasteiger partial charge in [0, 0.05) is 11.6 Å². The Kier molecular flexibility index (Phi) is 4.32. The molecule has 114 valence electrons. The van der Waals surface area contributed by atoms with Crippen LogP contribution in [-0.2, 0) is 0 Å². The zero-order chi connectivity index (χ0) is 15.5. The Morgan fingerprint density at radius 1 is 1.09 bits per heavy atom. The average Bonchev–Trinajstić information content (AvgIpc) is 2.64. The molecule has 2 aromatic rings. The van der Waals surface area contributed by atoms with Gasteiger partial charge in [-0.05, 0) is 49.7 Å². The molecule has 3 N–H and O–H groups in total. The van der Waals surface area contributed by atoms with E-state index < -0.39 is 0 Å². The Labute approximate surface area is 134 Å². The van der Waals surface area contributed by atoms with Crippen LogP contribution in [0.1, 0.15) is 23.2 Å². The summed E-state index contributed by atoms with van der Waals surface area (Å²) in [5, 5.41) is 3.61. The van der Waals surface area contributed by atoms with Crippen LogP contribution < -0.4 is 16.0 Å². The van der Waals surface area contributed by atoms with Crippen molar-refractivity contribution < 1.29 is 4.79 Å². The van der Waals surface area contributed by atoms with E-state index in [4.69, 9.17) is 17.3 Å². The Balaban J connectivity index is 2.10. The number of carbonyl (C=O) groups excluding carboxylic acids is 1. The van der Waals surface area contributed by atoms with Gasteiger partial charge in [-0.1, -0.05) is 23.7 Å². The average molecular weight is 316 g/mol. The van der Waals surface area contributed by atoms with Crippen molar-refractivity contribution in [2.45, 2.75) is 12.8 Å². The minimum Gasteiger partial charge on any atom is -0.339 e. The number of amides is 1. The lowest BCUT2D eigenvalue weighted by Gasteiger charge is -2.26.